The molecule has 1 aromatic rings. The van der Waals surface area contributed by atoms with Gasteiger partial charge in [-0.15, -0.1) is 12.3 Å². The second kappa shape index (κ2) is 7.01. The van der Waals surface area contributed by atoms with E-state index in [2.05, 4.69) is 11.2 Å². The van der Waals surface area contributed by atoms with Crippen LogP contribution >= 0.6 is 0 Å². The lowest BCUT2D eigenvalue weighted by Gasteiger charge is -2.06. The van der Waals surface area contributed by atoms with Crippen LogP contribution in [-0.4, -0.2) is 24.5 Å². The summed E-state index contributed by atoms with van der Waals surface area (Å²) in [6.07, 6.45) is 6.33. The Labute approximate surface area is 110 Å². The van der Waals surface area contributed by atoms with E-state index in [0.717, 1.165) is 0 Å². The second-order valence-corrected chi connectivity index (χ2v) is 3.71. The van der Waals surface area contributed by atoms with E-state index in [-0.39, 0.29) is 22.9 Å². The van der Waals surface area contributed by atoms with Crippen molar-refractivity contribution in [2.75, 3.05) is 13.7 Å². The van der Waals surface area contributed by atoms with Crippen molar-refractivity contribution in [3.05, 3.63) is 33.9 Å². The summed E-state index contributed by atoms with van der Waals surface area (Å²) in [6.45, 7) is 0.433. The molecule has 1 amide bonds. The molecule has 0 radical (unpaired) electrons. The molecule has 1 N–H and O–H groups in total. The van der Waals surface area contributed by atoms with Crippen LogP contribution in [0.1, 0.15) is 23.2 Å². The summed E-state index contributed by atoms with van der Waals surface area (Å²) in [6, 6.07) is 4.06. The van der Waals surface area contributed by atoms with E-state index >= 15 is 0 Å². The first-order valence-electron chi connectivity index (χ1n) is 5.64. The van der Waals surface area contributed by atoms with Gasteiger partial charge in [-0.3, -0.25) is 14.9 Å². The third-order valence-corrected chi connectivity index (χ3v) is 2.42. The highest BCUT2D eigenvalue weighted by molar-refractivity contribution is 5.95. The van der Waals surface area contributed by atoms with Crippen molar-refractivity contribution in [1.29, 1.82) is 0 Å². The molecule has 1 aromatic carbocycles. The van der Waals surface area contributed by atoms with Gasteiger partial charge in [0.1, 0.15) is 0 Å². The van der Waals surface area contributed by atoms with Crippen LogP contribution < -0.4 is 10.1 Å². The molecule has 1 rings (SSSR count). The molecule has 0 spiro atoms. The fraction of sp³-hybridized carbons (Fsp3) is 0.308. The average molecular weight is 262 g/mol. The lowest BCUT2D eigenvalue weighted by atomic mass is 10.1. The van der Waals surface area contributed by atoms with Crippen molar-refractivity contribution in [2.24, 2.45) is 0 Å². The van der Waals surface area contributed by atoms with E-state index in [0.29, 0.717) is 19.4 Å². The van der Waals surface area contributed by atoms with Gasteiger partial charge in [0.25, 0.3) is 5.91 Å². The number of terminal acetylenes is 1. The number of ether oxygens (including phenoxy) is 1. The zero-order valence-corrected chi connectivity index (χ0v) is 10.5. The topological polar surface area (TPSA) is 81.5 Å². The predicted molar refractivity (Wildman–Crippen MR) is 70.0 cm³/mol. The summed E-state index contributed by atoms with van der Waals surface area (Å²) in [5, 5.41) is 13.5. The Morgan fingerprint density at radius 1 is 1.58 bits per heavy atom. The van der Waals surface area contributed by atoms with Crippen molar-refractivity contribution >= 4 is 11.6 Å². The first-order valence-corrected chi connectivity index (χ1v) is 5.64. The van der Waals surface area contributed by atoms with E-state index in [9.17, 15) is 14.9 Å². The Morgan fingerprint density at radius 3 is 2.89 bits per heavy atom. The van der Waals surface area contributed by atoms with Gasteiger partial charge in [-0.25, -0.2) is 0 Å². The van der Waals surface area contributed by atoms with Gasteiger partial charge < -0.3 is 10.1 Å². The van der Waals surface area contributed by atoms with Gasteiger partial charge in [-0.2, -0.15) is 0 Å². The molecule has 0 unspecified atom stereocenters. The number of amides is 1. The summed E-state index contributed by atoms with van der Waals surface area (Å²) < 4.78 is 4.86. The Hall–Kier alpha value is -2.55. The van der Waals surface area contributed by atoms with Crippen molar-refractivity contribution in [1.82, 2.24) is 5.32 Å². The van der Waals surface area contributed by atoms with Gasteiger partial charge >= 0.3 is 5.69 Å². The van der Waals surface area contributed by atoms with Gasteiger partial charge in [0.05, 0.1) is 12.0 Å². The largest absolute Gasteiger partial charge is 0.490 e. The highest BCUT2D eigenvalue weighted by Gasteiger charge is 2.17. The van der Waals surface area contributed by atoms with Crippen LogP contribution in [0.15, 0.2) is 18.2 Å². The number of benzene rings is 1. The van der Waals surface area contributed by atoms with Crippen LogP contribution in [0.5, 0.6) is 5.75 Å². The molecule has 0 aliphatic rings. The fourth-order valence-corrected chi connectivity index (χ4v) is 1.47. The van der Waals surface area contributed by atoms with Gasteiger partial charge in [0.2, 0.25) is 0 Å². The maximum atomic E-state index is 11.8. The van der Waals surface area contributed by atoms with E-state index in [4.69, 9.17) is 11.2 Å². The third kappa shape index (κ3) is 4.00. The molecule has 0 saturated heterocycles. The maximum absolute atomic E-state index is 11.8. The van der Waals surface area contributed by atoms with Crippen LogP contribution in [-0.2, 0) is 0 Å². The van der Waals surface area contributed by atoms with Crippen molar-refractivity contribution < 1.29 is 14.5 Å². The van der Waals surface area contributed by atoms with Crippen LogP contribution in [0.2, 0.25) is 0 Å². The standard InChI is InChI=1S/C13H14N2O4/c1-3-4-5-8-14-13(16)10-6-7-12(19-2)11(9-10)15(17)18/h1,6-7,9H,4-5,8H2,2H3,(H,14,16). The summed E-state index contributed by atoms with van der Waals surface area (Å²) in [7, 11) is 1.34. The molecule has 0 saturated carbocycles. The third-order valence-electron chi connectivity index (χ3n) is 2.42. The molecule has 0 fully saturated rings. The number of nitrogens with zero attached hydrogens (tertiary/aromatic N) is 1. The molecule has 0 aliphatic carbocycles. The van der Waals surface area contributed by atoms with Crippen LogP contribution in [0.4, 0.5) is 5.69 Å². The maximum Gasteiger partial charge on any atom is 0.311 e. The van der Waals surface area contributed by atoms with Crippen LogP contribution in [0, 0.1) is 22.5 Å². The Bertz CT molecular complexity index is 520. The number of carbonyl (C=O) groups excluding carboxylic acids is 1. The van der Waals surface area contributed by atoms with Gasteiger partial charge in [-0.05, 0) is 18.6 Å². The second-order valence-electron chi connectivity index (χ2n) is 3.71. The molecular weight excluding hydrogens is 248 g/mol. The quantitative estimate of drug-likeness (QED) is 0.366. The minimum absolute atomic E-state index is 0.119. The highest BCUT2D eigenvalue weighted by atomic mass is 16.6. The molecule has 19 heavy (non-hydrogen) atoms. The zero-order valence-electron chi connectivity index (χ0n) is 10.5. The highest BCUT2D eigenvalue weighted by Crippen LogP contribution is 2.27. The Morgan fingerprint density at radius 2 is 2.32 bits per heavy atom. The molecule has 0 atom stereocenters. The number of nitrogens with one attached hydrogen (secondary N) is 1. The Balaban J connectivity index is 2.78. The summed E-state index contributed by atoms with van der Waals surface area (Å²) in [5.74, 6) is 2.21. The lowest BCUT2D eigenvalue weighted by molar-refractivity contribution is -0.385. The molecule has 0 heterocycles. The molecule has 100 valence electrons. The van der Waals surface area contributed by atoms with E-state index in [1.54, 1.807) is 0 Å². The number of nitro benzene ring substituents is 1. The van der Waals surface area contributed by atoms with E-state index in [1.165, 1.54) is 25.3 Å². The number of carbonyl (C=O) groups is 1. The van der Waals surface area contributed by atoms with E-state index < -0.39 is 4.92 Å². The first kappa shape index (κ1) is 14.5. The SMILES string of the molecule is C#CCCCNC(=O)c1ccc(OC)c([N+](=O)[O-])c1. The predicted octanol–water partition coefficient (Wildman–Crippen LogP) is 1.75. The van der Waals surface area contributed by atoms with Crippen molar-refractivity contribution in [3.8, 4) is 18.1 Å². The fourth-order valence-electron chi connectivity index (χ4n) is 1.47. The number of rotatable bonds is 6. The smallest absolute Gasteiger partial charge is 0.311 e. The molecular formula is C13H14N2O4. The van der Waals surface area contributed by atoms with Gasteiger partial charge in [-0.1, -0.05) is 0 Å². The minimum Gasteiger partial charge on any atom is -0.490 e. The van der Waals surface area contributed by atoms with Crippen molar-refractivity contribution in [3.63, 3.8) is 0 Å². The Kier molecular flexibility index (Phi) is 5.35. The number of hydrogen-bond donors (Lipinski definition) is 1. The monoisotopic (exact) mass is 262 g/mol. The molecule has 0 aromatic heterocycles. The van der Waals surface area contributed by atoms with Crippen LogP contribution in [0.25, 0.3) is 0 Å². The number of nitro groups is 1. The summed E-state index contributed by atoms with van der Waals surface area (Å²) in [4.78, 5) is 22.0. The molecule has 0 bridgehead atoms. The first-order chi connectivity index (χ1) is 9.10. The van der Waals surface area contributed by atoms with Gasteiger partial charge in [0.15, 0.2) is 5.75 Å². The zero-order chi connectivity index (χ0) is 14.3. The number of unbranched alkanes of at least 4 members (excludes halogenated alkanes) is 1. The van der Waals surface area contributed by atoms with Crippen LogP contribution in [0.3, 0.4) is 0 Å². The van der Waals surface area contributed by atoms with E-state index in [1.807, 2.05) is 0 Å². The summed E-state index contributed by atoms with van der Waals surface area (Å²) in [5.41, 5.74) is -0.0213. The minimum atomic E-state index is -0.589. The molecule has 6 heteroatoms. The lowest BCUT2D eigenvalue weighted by Crippen LogP contribution is -2.24. The average Bonchev–Trinajstić information content (AvgIpc) is 2.42. The van der Waals surface area contributed by atoms with Crippen molar-refractivity contribution in [2.45, 2.75) is 12.8 Å². The normalized spacial score (nSPS) is 9.47. The molecule has 6 nitrogen and oxygen atoms in total. The molecule has 0 aliphatic heterocycles. The van der Waals surface area contributed by atoms with Gasteiger partial charge in [0, 0.05) is 24.6 Å². The summed E-state index contributed by atoms with van der Waals surface area (Å²) >= 11 is 0. The number of methoxy groups -OCH3 is 1. The number of hydrogen-bond acceptors (Lipinski definition) is 4.